The van der Waals surface area contributed by atoms with Crippen LogP contribution < -0.4 is 5.32 Å². The van der Waals surface area contributed by atoms with E-state index in [0.717, 1.165) is 30.9 Å². The molecule has 0 spiro atoms. The third kappa shape index (κ3) is 8.87. The third-order valence-electron chi connectivity index (χ3n) is 3.76. The zero-order valence-corrected chi connectivity index (χ0v) is 15.9. The van der Waals surface area contributed by atoms with Crippen LogP contribution in [0.2, 0.25) is 0 Å². The predicted molar refractivity (Wildman–Crippen MR) is 106 cm³/mol. The molecule has 1 rings (SSSR count). The highest BCUT2D eigenvalue weighted by Gasteiger charge is 2.06. The molecule has 0 fully saturated rings. The largest absolute Gasteiger partial charge is 0.355 e. The van der Waals surface area contributed by atoms with E-state index >= 15 is 0 Å². The summed E-state index contributed by atoms with van der Waals surface area (Å²) in [6.45, 7) is 5.39. The Kier molecular flexibility index (Phi) is 10.9. The van der Waals surface area contributed by atoms with Gasteiger partial charge in [-0.25, -0.2) is 0 Å². The number of aliphatic imine (C=N–C) groups is 1. The van der Waals surface area contributed by atoms with Gasteiger partial charge in [0.15, 0.2) is 5.96 Å². The zero-order valence-electron chi connectivity index (χ0n) is 15.0. The molecular formula is C19H31N3OS. The average Bonchev–Trinajstić information content (AvgIpc) is 2.59. The summed E-state index contributed by atoms with van der Waals surface area (Å²) in [7, 11) is 2.98. The summed E-state index contributed by atoms with van der Waals surface area (Å²) in [4.78, 5) is 6.43. The van der Waals surface area contributed by atoms with Crippen LogP contribution in [0.1, 0.15) is 31.2 Å². The smallest absolute Gasteiger partial charge is 0.193 e. The molecule has 0 saturated heterocycles. The molecule has 0 aliphatic carbocycles. The minimum Gasteiger partial charge on any atom is -0.355 e. The van der Waals surface area contributed by atoms with Gasteiger partial charge in [-0.2, -0.15) is 0 Å². The minimum absolute atomic E-state index is 0.611. The van der Waals surface area contributed by atoms with Crippen molar-refractivity contribution < 1.29 is 4.21 Å². The van der Waals surface area contributed by atoms with Crippen molar-refractivity contribution in [3.8, 4) is 0 Å². The van der Waals surface area contributed by atoms with E-state index in [0.29, 0.717) is 18.1 Å². The highest BCUT2D eigenvalue weighted by Crippen LogP contribution is 2.03. The van der Waals surface area contributed by atoms with Crippen LogP contribution >= 0.6 is 0 Å². The van der Waals surface area contributed by atoms with Crippen LogP contribution in [0.3, 0.4) is 0 Å². The fourth-order valence-corrected chi connectivity index (χ4v) is 3.45. The first-order chi connectivity index (χ1) is 11.7. The van der Waals surface area contributed by atoms with E-state index in [2.05, 4.69) is 21.8 Å². The molecule has 5 heteroatoms. The lowest BCUT2D eigenvalue weighted by molar-refractivity contribution is 0.457. The Hall–Kier alpha value is -1.62. The number of hydrogen-bond donors (Lipinski definition) is 1. The molecule has 4 nitrogen and oxygen atoms in total. The molecule has 0 aliphatic rings. The van der Waals surface area contributed by atoms with Crippen molar-refractivity contribution in [1.82, 2.24) is 10.2 Å². The van der Waals surface area contributed by atoms with Crippen LogP contribution in [0.4, 0.5) is 0 Å². The monoisotopic (exact) mass is 349 g/mol. The van der Waals surface area contributed by atoms with Gasteiger partial charge in [-0.1, -0.05) is 42.8 Å². The molecule has 134 valence electrons. The van der Waals surface area contributed by atoms with Gasteiger partial charge in [0.25, 0.3) is 0 Å². The Labute approximate surface area is 149 Å². The molecule has 1 atom stereocenters. The van der Waals surface area contributed by atoms with Gasteiger partial charge in [0.2, 0.25) is 0 Å². The van der Waals surface area contributed by atoms with Crippen LogP contribution in [0.15, 0.2) is 48.0 Å². The predicted octanol–water partition coefficient (Wildman–Crippen LogP) is 3.19. The number of hydrogen-bond acceptors (Lipinski definition) is 2. The van der Waals surface area contributed by atoms with Crippen molar-refractivity contribution in [2.24, 2.45) is 4.99 Å². The Morgan fingerprint density at radius 2 is 2.04 bits per heavy atom. The standard InChI is InChI=1S/C19H31N3OS/c1-4-5-6-7-11-15-22(3)19(20-2)21-14-16-24(23)17-18-12-9-8-10-13-18/h4,8-10,12-13H,1,5-7,11,14-17H2,2-3H3,(H,20,21). The summed E-state index contributed by atoms with van der Waals surface area (Å²) in [6, 6.07) is 9.98. The molecule has 1 N–H and O–H groups in total. The van der Waals surface area contributed by atoms with E-state index in [1.807, 2.05) is 43.5 Å². The molecular weight excluding hydrogens is 318 g/mol. The number of nitrogens with zero attached hydrogens (tertiary/aromatic N) is 2. The van der Waals surface area contributed by atoms with Crippen LogP contribution in [-0.2, 0) is 16.6 Å². The molecule has 1 unspecified atom stereocenters. The molecule has 0 aromatic heterocycles. The van der Waals surface area contributed by atoms with Gasteiger partial charge in [-0.15, -0.1) is 6.58 Å². The van der Waals surface area contributed by atoms with Gasteiger partial charge < -0.3 is 10.2 Å². The van der Waals surface area contributed by atoms with Crippen molar-refractivity contribution in [2.75, 3.05) is 32.9 Å². The van der Waals surface area contributed by atoms with E-state index in [4.69, 9.17) is 0 Å². The maximum Gasteiger partial charge on any atom is 0.193 e. The van der Waals surface area contributed by atoms with Crippen LogP contribution in [0, 0.1) is 0 Å². The first-order valence-corrected chi connectivity index (χ1v) is 10.1. The molecule has 24 heavy (non-hydrogen) atoms. The van der Waals surface area contributed by atoms with Gasteiger partial charge in [-0.05, 0) is 24.8 Å². The van der Waals surface area contributed by atoms with E-state index in [9.17, 15) is 4.21 Å². The highest BCUT2D eigenvalue weighted by atomic mass is 32.2. The minimum atomic E-state index is -0.857. The Balaban J connectivity index is 2.23. The summed E-state index contributed by atoms with van der Waals surface area (Å²) in [5.41, 5.74) is 1.12. The Bertz CT molecular complexity index is 517. The average molecular weight is 350 g/mol. The first-order valence-electron chi connectivity index (χ1n) is 8.59. The van der Waals surface area contributed by atoms with Gasteiger partial charge in [-0.3, -0.25) is 9.20 Å². The molecule has 0 radical (unpaired) electrons. The number of nitrogens with one attached hydrogen (secondary N) is 1. The molecule has 0 amide bonds. The third-order valence-corrected chi connectivity index (χ3v) is 5.07. The molecule has 1 aromatic carbocycles. The van der Waals surface area contributed by atoms with E-state index in [-0.39, 0.29) is 0 Å². The van der Waals surface area contributed by atoms with E-state index < -0.39 is 10.8 Å². The fraction of sp³-hybridized carbons (Fsp3) is 0.526. The molecule has 0 bridgehead atoms. The lowest BCUT2D eigenvalue weighted by atomic mass is 10.2. The quantitative estimate of drug-likeness (QED) is 0.289. The van der Waals surface area contributed by atoms with Gasteiger partial charge >= 0.3 is 0 Å². The van der Waals surface area contributed by atoms with Crippen molar-refractivity contribution >= 4 is 16.8 Å². The topological polar surface area (TPSA) is 44.7 Å². The van der Waals surface area contributed by atoms with Gasteiger partial charge in [0, 0.05) is 49.5 Å². The highest BCUT2D eigenvalue weighted by molar-refractivity contribution is 7.84. The van der Waals surface area contributed by atoms with E-state index in [1.165, 1.54) is 12.8 Å². The molecule has 1 aromatic rings. The Morgan fingerprint density at radius 3 is 2.71 bits per heavy atom. The lowest BCUT2D eigenvalue weighted by Crippen LogP contribution is -2.41. The summed E-state index contributed by atoms with van der Waals surface area (Å²) in [6.07, 6.45) is 6.60. The van der Waals surface area contributed by atoms with Crippen LogP contribution in [0.5, 0.6) is 0 Å². The molecule has 0 aliphatic heterocycles. The number of allylic oxidation sites excluding steroid dienone is 1. The van der Waals surface area contributed by atoms with Crippen molar-refractivity contribution in [3.05, 3.63) is 48.6 Å². The second kappa shape index (κ2) is 12.8. The summed E-state index contributed by atoms with van der Waals surface area (Å²) < 4.78 is 12.1. The van der Waals surface area contributed by atoms with Crippen LogP contribution in [0.25, 0.3) is 0 Å². The second-order valence-corrected chi connectivity index (χ2v) is 7.38. The normalized spacial score (nSPS) is 12.7. The second-order valence-electron chi connectivity index (χ2n) is 5.81. The fourth-order valence-electron chi connectivity index (χ4n) is 2.41. The zero-order chi connectivity index (χ0) is 17.6. The van der Waals surface area contributed by atoms with Crippen molar-refractivity contribution in [3.63, 3.8) is 0 Å². The Morgan fingerprint density at radius 1 is 1.29 bits per heavy atom. The van der Waals surface area contributed by atoms with Crippen LogP contribution in [-0.4, -0.2) is 48.0 Å². The summed E-state index contributed by atoms with van der Waals surface area (Å²) in [5.74, 6) is 2.11. The van der Waals surface area contributed by atoms with Gasteiger partial charge in [0.1, 0.15) is 0 Å². The van der Waals surface area contributed by atoms with Gasteiger partial charge in [0.05, 0.1) is 0 Å². The SMILES string of the molecule is C=CCCCCCN(C)C(=NC)NCCS(=O)Cc1ccccc1. The van der Waals surface area contributed by atoms with Crippen molar-refractivity contribution in [2.45, 2.75) is 31.4 Å². The summed E-state index contributed by atoms with van der Waals surface area (Å²) >= 11 is 0. The molecule has 0 heterocycles. The first kappa shape index (κ1) is 20.4. The number of benzene rings is 1. The number of unbranched alkanes of at least 4 members (excludes halogenated alkanes) is 3. The van der Waals surface area contributed by atoms with Crippen molar-refractivity contribution in [1.29, 1.82) is 0 Å². The lowest BCUT2D eigenvalue weighted by Gasteiger charge is -2.22. The number of rotatable bonds is 11. The maximum absolute atomic E-state index is 12.1. The van der Waals surface area contributed by atoms with E-state index in [1.54, 1.807) is 7.05 Å². The maximum atomic E-state index is 12.1. The summed E-state index contributed by atoms with van der Waals surface area (Å²) in [5, 5.41) is 3.30. The number of guanidine groups is 1. The molecule has 0 saturated carbocycles.